The third kappa shape index (κ3) is 7.35. The zero-order valence-electron chi connectivity index (χ0n) is 17.1. The second kappa shape index (κ2) is 11.2. The third-order valence-electron chi connectivity index (χ3n) is 5.12. The summed E-state index contributed by atoms with van der Waals surface area (Å²) in [5, 5.41) is 3.76. The summed E-state index contributed by atoms with van der Waals surface area (Å²) in [5.41, 5.74) is 2.47. The van der Waals surface area contributed by atoms with Gasteiger partial charge in [-0.15, -0.1) is 0 Å². The van der Waals surface area contributed by atoms with E-state index in [1.807, 2.05) is 43.3 Å². The number of piperazine rings is 1. The van der Waals surface area contributed by atoms with Crippen molar-refractivity contribution < 1.29 is 9.53 Å². The van der Waals surface area contributed by atoms with Gasteiger partial charge in [0.05, 0.1) is 13.2 Å². The van der Waals surface area contributed by atoms with Crippen LogP contribution in [0.25, 0.3) is 0 Å². The van der Waals surface area contributed by atoms with Crippen LogP contribution < -0.4 is 10.1 Å². The van der Waals surface area contributed by atoms with E-state index in [2.05, 4.69) is 27.2 Å². The molecule has 0 aliphatic carbocycles. The van der Waals surface area contributed by atoms with Crippen LogP contribution in [-0.4, -0.2) is 61.6 Å². The fraction of sp³-hybridized carbons (Fsp3) is 0.435. The molecular weight excluding hydrogens is 386 g/mol. The highest BCUT2D eigenvalue weighted by Gasteiger charge is 2.18. The van der Waals surface area contributed by atoms with Crippen molar-refractivity contribution in [2.24, 2.45) is 0 Å². The SMILES string of the molecule is CCOc1ccc(CN2CCN(CC(=O)NCCc3ccc(Cl)cc3)CC2)cc1. The van der Waals surface area contributed by atoms with E-state index in [0.717, 1.165) is 49.9 Å². The number of hydrogen-bond donors (Lipinski definition) is 1. The normalized spacial score (nSPS) is 15.2. The van der Waals surface area contributed by atoms with Gasteiger partial charge in [-0.1, -0.05) is 35.9 Å². The minimum atomic E-state index is 0.0962. The molecule has 1 fully saturated rings. The molecule has 0 saturated carbocycles. The number of benzene rings is 2. The third-order valence-corrected chi connectivity index (χ3v) is 5.37. The highest BCUT2D eigenvalue weighted by Crippen LogP contribution is 2.14. The van der Waals surface area contributed by atoms with Crippen molar-refractivity contribution in [2.45, 2.75) is 19.9 Å². The molecule has 0 spiro atoms. The first-order valence-corrected chi connectivity index (χ1v) is 10.7. The minimum absolute atomic E-state index is 0.0962. The van der Waals surface area contributed by atoms with Crippen LogP contribution in [0, 0.1) is 0 Å². The lowest BCUT2D eigenvalue weighted by atomic mass is 10.1. The first-order valence-electron chi connectivity index (χ1n) is 10.3. The van der Waals surface area contributed by atoms with Crippen LogP contribution in [0.3, 0.4) is 0 Å². The highest BCUT2D eigenvalue weighted by molar-refractivity contribution is 6.30. The molecule has 1 aliphatic heterocycles. The zero-order chi connectivity index (χ0) is 20.5. The number of amides is 1. The fourth-order valence-corrected chi connectivity index (χ4v) is 3.60. The Morgan fingerprint density at radius 3 is 2.24 bits per heavy atom. The van der Waals surface area contributed by atoms with Crippen LogP contribution in [-0.2, 0) is 17.8 Å². The Labute approximate surface area is 178 Å². The summed E-state index contributed by atoms with van der Waals surface area (Å²) >= 11 is 5.89. The topological polar surface area (TPSA) is 44.8 Å². The lowest BCUT2D eigenvalue weighted by Gasteiger charge is -2.34. The van der Waals surface area contributed by atoms with Gasteiger partial charge in [-0.05, 0) is 48.7 Å². The van der Waals surface area contributed by atoms with E-state index in [-0.39, 0.29) is 5.91 Å². The number of halogens is 1. The maximum atomic E-state index is 12.2. The van der Waals surface area contributed by atoms with Crippen molar-refractivity contribution in [3.63, 3.8) is 0 Å². The van der Waals surface area contributed by atoms with Gasteiger partial charge in [0.25, 0.3) is 0 Å². The van der Waals surface area contributed by atoms with E-state index in [9.17, 15) is 4.79 Å². The van der Waals surface area contributed by atoms with Crippen molar-refractivity contribution in [1.82, 2.24) is 15.1 Å². The van der Waals surface area contributed by atoms with E-state index in [4.69, 9.17) is 16.3 Å². The van der Waals surface area contributed by atoms with E-state index in [1.165, 1.54) is 11.1 Å². The summed E-state index contributed by atoms with van der Waals surface area (Å²) in [6, 6.07) is 16.1. The van der Waals surface area contributed by atoms with E-state index >= 15 is 0 Å². The number of carbonyl (C=O) groups excluding carboxylic acids is 1. The standard InChI is InChI=1S/C23H30ClN3O2/c1-2-29-22-9-5-20(6-10-22)17-26-13-15-27(16-14-26)18-23(28)25-12-11-19-3-7-21(24)8-4-19/h3-10H,2,11-18H2,1H3,(H,25,28). The molecule has 1 heterocycles. The lowest BCUT2D eigenvalue weighted by molar-refractivity contribution is -0.122. The second-order valence-electron chi connectivity index (χ2n) is 7.36. The van der Waals surface area contributed by atoms with Gasteiger partial charge in [0, 0.05) is 44.3 Å². The maximum absolute atomic E-state index is 12.2. The Balaban J connectivity index is 1.32. The minimum Gasteiger partial charge on any atom is -0.494 e. The summed E-state index contributed by atoms with van der Waals surface area (Å²) in [4.78, 5) is 16.9. The Kier molecular flexibility index (Phi) is 8.35. The zero-order valence-corrected chi connectivity index (χ0v) is 17.8. The van der Waals surface area contributed by atoms with Gasteiger partial charge in [-0.3, -0.25) is 14.6 Å². The molecule has 0 aromatic heterocycles. The second-order valence-corrected chi connectivity index (χ2v) is 7.79. The number of nitrogens with zero attached hydrogens (tertiary/aromatic N) is 2. The van der Waals surface area contributed by atoms with Gasteiger partial charge in [0.2, 0.25) is 5.91 Å². The van der Waals surface area contributed by atoms with Gasteiger partial charge in [0.15, 0.2) is 0 Å². The molecule has 1 amide bonds. The summed E-state index contributed by atoms with van der Waals surface area (Å²) < 4.78 is 5.50. The molecule has 2 aromatic rings. The quantitative estimate of drug-likeness (QED) is 0.683. The molecule has 156 valence electrons. The molecule has 0 unspecified atom stereocenters. The van der Waals surface area contributed by atoms with Crippen LogP contribution in [0.15, 0.2) is 48.5 Å². The van der Waals surface area contributed by atoms with Gasteiger partial charge >= 0.3 is 0 Å². The summed E-state index contributed by atoms with van der Waals surface area (Å²) in [7, 11) is 0. The van der Waals surface area contributed by atoms with Crippen molar-refractivity contribution in [1.29, 1.82) is 0 Å². The number of hydrogen-bond acceptors (Lipinski definition) is 4. The molecule has 3 rings (SSSR count). The largest absolute Gasteiger partial charge is 0.494 e. The first kappa shape index (κ1) is 21.6. The molecule has 1 N–H and O–H groups in total. The molecule has 2 aromatic carbocycles. The van der Waals surface area contributed by atoms with Crippen molar-refractivity contribution in [3.8, 4) is 5.75 Å². The van der Waals surface area contributed by atoms with Crippen LogP contribution in [0.5, 0.6) is 5.75 Å². The molecule has 0 bridgehead atoms. The number of ether oxygens (including phenoxy) is 1. The summed E-state index contributed by atoms with van der Waals surface area (Å²) in [6.07, 6.45) is 0.818. The molecule has 1 saturated heterocycles. The van der Waals surface area contributed by atoms with Crippen LogP contribution in [0.1, 0.15) is 18.1 Å². The molecule has 6 heteroatoms. The molecule has 29 heavy (non-hydrogen) atoms. The predicted octanol–water partition coefficient (Wildman–Crippen LogP) is 3.22. The molecule has 0 radical (unpaired) electrons. The Morgan fingerprint density at radius 1 is 0.966 bits per heavy atom. The fourth-order valence-electron chi connectivity index (χ4n) is 3.48. The Morgan fingerprint density at radius 2 is 1.59 bits per heavy atom. The van der Waals surface area contributed by atoms with Crippen molar-refractivity contribution in [3.05, 3.63) is 64.7 Å². The molecule has 5 nitrogen and oxygen atoms in total. The number of carbonyl (C=O) groups is 1. The lowest BCUT2D eigenvalue weighted by Crippen LogP contribution is -2.49. The van der Waals surface area contributed by atoms with Gasteiger partial charge < -0.3 is 10.1 Å². The number of rotatable bonds is 9. The van der Waals surface area contributed by atoms with Gasteiger partial charge in [-0.25, -0.2) is 0 Å². The maximum Gasteiger partial charge on any atom is 0.234 e. The van der Waals surface area contributed by atoms with Crippen LogP contribution in [0.2, 0.25) is 5.02 Å². The molecular formula is C23H30ClN3O2. The number of nitrogens with one attached hydrogen (secondary N) is 1. The monoisotopic (exact) mass is 415 g/mol. The molecule has 0 atom stereocenters. The van der Waals surface area contributed by atoms with E-state index in [1.54, 1.807) is 0 Å². The smallest absolute Gasteiger partial charge is 0.234 e. The summed E-state index contributed by atoms with van der Waals surface area (Å²) in [5.74, 6) is 1.02. The van der Waals surface area contributed by atoms with E-state index < -0.39 is 0 Å². The van der Waals surface area contributed by atoms with Crippen molar-refractivity contribution in [2.75, 3.05) is 45.9 Å². The van der Waals surface area contributed by atoms with E-state index in [0.29, 0.717) is 19.7 Å². The average Bonchev–Trinajstić information content (AvgIpc) is 2.73. The summed E-state index contributed by atoms with van der Waals surface area (Å²) in [6.45, 7) is 8.53. The molecule has 1 aliphatic rings. The van der Waals surface area contributed by atoms with Gasteiger partial charge in [-0.2, -0.15) is 0 Å². The van der Waals surface area contributed by atoms with Gasteiger partial charge in [0.1, 0.15) is 5.75 Å². The average molecular weight is 416 g/mol. The van der Waals surface area contributed by atoms with Crippen molar-refractivity contribution >= 4 is 17.5 Å². The predicted molar refractivity (Wildman–Crippen MR) is 117 cm³/mol. The first-order chi connectivity index (χ1) is 14.1. The Bertz CT molecular complexity index is 757. The van der Waals surface area contributed by atoms with Crippen LogP contribution >= 0.6 is 11.6 Å². The Hall–Kier alpha value is -2.08. The highest BCUT2D eigenvalue weighted by atomic mass is 35.5. The van der Waals surface area contributed by atoms with Crippen LogP contribution in [0.4, 0.5) is 0 Å².